The Morgan fingerprint density at radius 3 is 2.44 bits per heavy atom. The summed E-state index contributed by atoms with van der Waals surface area (Å²) in [6.45, 7) is 1.83. The first-order valence-electron chi connectivity index (χ1n) is 10.8. The van der Waals surface area contributed by atoms with E-state index in [1.165, 1.54) is 24.3 Å². The molecular formula is C26H20BrFN2O5S. The predicted octanol–water partition coefficient (Wildman–Crippen LogP) is 6.25. The molecule has 4 rings (SSSR count). The molecule has 0 aromatic heterocycles. The Labute approximate surface area is 219 Å². The van der Waals surface area contributed by atoms with Crippen LogP contribution in [0.1, 0.15) is 12.5 Å². The number of benzene rings is 3. The van der Waals surface area contributed by atoms with Gasteiger partial charge in [0.2, 0.25) is 0 Å². The van der Waals surface area contributed by atoms with E-state index in [1.807, 2.05) is 0 Å². The highest BCUT2D eigenvalue weighted by molar-refractivity contribution is 9.10. The van der Waals surface area contributed by atoms with E-state index in [9.17, 15) is 18.8 Å². The van der Waals surface area contributed by atoms with Gasteiger partial charge in [-0.2, -0.15) is 0 Å². The van der Waals surface area contributed by atoms with Crippen molar-refractivity contribution < 1.29 is 28.2 Å². The van der Waals surface area contributed by atoms with Gasteiger partial charge in [-0.3, -0.25) is 14.4 Å². The zero-order valence-electron chi connectivity index (χ0n) is 19.0. The highest BCUT2D eigenvalue weighted by Crippen LogP contribution is 2.39. The molecule has 3 aromatic carbocycles. The lowest BCUT2D eigenvalue weighted by molar-refractivity contribution is -0.118. The topological polar surface area (TPSA) is 84.9 Å². The third-order valence-corrected chi connectivity index (χ3v) is 6.50. The van der Waals surface area contributed by atoms with Gasteiger partial charge >= 0.3 is 0 Å². The van der Waals surface area contributed by atoms with Crippen LogP contribution in [0.25, 0.3) is 6.08 Å². The fraction of sp³-hybridized carbons (Fsp3) is 0.115. The smallest absolute Gasteiger partial charge is 0.298 e. The molecular weight excluding hydrogens is 551 g/mol. The molecule has 0 atom stereocenters. The normalized spacial score (nSPS) is 14.3. The summed E-state index contributed by atoms with van der Waals surface area (Å²) >= 11 is 4.32. The fourth-order valence-electron chi connectivity index (χ4n) is 3.32. The van der Waals surface area contributed by atoms with Gasteiger partial charge in [0.05, 0.1) is 17.2 Å². The molecule has 3 amide bonds. The quantitative estimate of drug-likeness (QED) is 0.322. The van der Waals surface area contributed by atoms with Crippen LogP contribution in [0.4, 0.5) is 20.6 Å². The number of rotatable bonds is 8. The number of amides is 3. The van der Waals surface area contributed by atoms with Crippen LogP contribution in [-0.4, -0.2) is 30.3 Å². The monoisotopic (exact) mass is 570 g/mol. The maximum atomic E-state index is 13.0. The van der Waals surface area contributed by atoms with E-state index in [-0.39, 0.29) is 16.8 Å². The predicted molar refractivity (Wildman–Crippen MR) is 141 cm³/mol. The Kier molecular flexibility index (Phi) is 8.07. The Balaban J connectivity index is 1.51. The second-order valence-electron chi connectivity index (χ2n) is 7.45. The number of nitrogens with one attached hydrogen (secondary N) is 1. The van der Waals surface area contributed by atoms with Crippen LogP contribution < -0.4 is 19.7 Å². The van der Waals surface area contributed by atoms with Gasteiger partial charge in [0.25, 0.3) is 17.1 Å². The molecule has 1 saturated heterocycles. The van der Waals surface area contributed by atoms with Gasteiger partial charge in [-0.1, -0.05) is 34.1 Å². The lowest BCUT2D eigenvalue weighted by Crippen LogP contribution is -2.27. The number of carbonyl (C=O) groups excluding carboxylic acids is 3. The second kappa shape index (κ2) is 11.4. The number of imide groups is 1. The maximum Gasteiger partial charge on any atom is 0.298 e. The number of nitrogens with zero attached hydrogens (tertiary/aromatic N) is 1. The third-order valence-electron chi connectivity index (χ3n) is 4.94. The Hall–Kier alpha value is -3.63. The van der Waals surface area contributed by atoms with Crippen LogP contribution in [0.5, 0.6) is 11.5 Å². The summed E-state index contributed by atoms with van der Waals surface area (Å²) in [6.07, 6.45) is 1.60. The number of hydrogen-bond acceptors (Lipinski definition) is 6. The summed E-state index contributed by atoms with van der Waals surface area (Å²) in [5, 5.41) is 2.24. The average Bonchev–Trinajstić information content (AvgIpc) is 3.14. The van der Waals surface area contributed by atoms with Gasteiger partial charge in [-0.25, -0.2) is 9.29 Å². The molecule has 1 aliphatic rings. The van der Waals surface area contributed by atoms with Crippen LogP contribution in [-0.2, 0) is 9.59 Å². The number of anilines is 2. The van der Waals surface area contributed by atoms with Gasteiger partial charge < -0.3 is 14.8 Å². The van der Waals surface area contributed by atoms with Crippen molar-refractivity contribution in [1.29, 1.82) is 0 Å². The molecule has 36 heavy (non-hydrogen) atoms. The first-order valence-corrected chi connectivity index (χ1v) is 12.4. The summed E-state index contributed by atoms with van der Waals surface area (Å²) < 4.78 is 25.0. The fourth-order valence-corrected chi connectivity index (χ4v) is 4.59. The van der Waals surface area contributed by atoms with Crippen LogP contribution in [0.3, 0.4) is 0 Å². The van der Waals surface area contributed by atoms with E-state index >= 15 is 0 Å². The van der Waals surface area contributed by atoms with Crippen molar-refractivity contribution in [1.82, 2.24) is 0 Å². The van der Waals surface area contributed by atoms with E-state index in [4.69, 9.17) is 9.47 Å². The lowest BCUT2D eigenvalue weighted by Gasteiger charge is -2.14. The van der Waals surface area contributed by atoms with Crippen molar-refractivity contribution in [3.8, 4) is 11.5 Å². The van der Waals surface area contributed by atoms with E-state index < -0.39 is 17.6 Å². The number of thioether (sulfide) groups is 1. The molecule has 10 heteroatoms. The highest BCUT2D eigenvalue weighted by atomic mass is 79.9. The Bertz CT molecular complexity index is 1330. The van der Waals surface area contributed by atoms with Crippen LogP contribution in [0.15, 0.2) is 76.1 Å². The van der Waals surface area contributed by atoms with E-state index in [0.717, 1.165) is 16.7 Å². The molecule has 3 aromatic rings. The first-order chi connectivity index (χ1) is 17.4. The zero-order chi connectivity index (χ0) is 25.7. The minimum absolute atomic E-state index is 0.263. The molecule has 0 aliphatic carbocycles. The van der Waals surface area contributed by atoms with E-state index in [0.29, 0.717) is 39.5 Å². The number of ether oxygens (including phenoxy) is 2. The summed E-state index contributed by atoms with van der Waals surface area (Å²) in [6, 6.07) is 17.4. The molecule has 1 N–H and O–H groups in total. The molecule has 0 unspecified atom stereocenters. The van der Waals surface area contributed by atoms with Crippen molar-refractivity contribution in [3.05, 3.63) is 87.5 Å². The molecule has 1 heterocycles. The molecule has 7 nitrogen and oxygen atoms in total. The van der Waals surface area contributed by atoms with Gasteiger partial charge in [0, 0.05) is 10.2 Å². The minimum atomic E-state index is -0.432. The molecule has 0 radical (unpaired) electrons. The Morgan fingerprint density at radius 1 is 1.06 bits per heavy atom. The van der Waals surface area contributed by atoms with Crippen molar-refractivity contribution in [3.63, 3.8) is 0 Å². The third kappa shape index (κ3) is 5.95. The van der Waals surface area contributed by atoms with Crippen molar-refractivity contribution >= 4 is 62.2 Å². The minimum Gasteiger partial charge on any atom is -0.490 e. The zero-order valence-corrected chi connectivity index (χ0v) is 21.4. The molecule has 1 aliphatic heterocycles. The number of carbonyl (C=O) groups is 3. The highest BCUT2D eigenvalue weighted by Gasteiger charge is 2.36. The van der Waals surface area contributed by atoms with Crippen molar-refractivity contribution in [2.75, 3.05) is 23.4 Å². The molecule has 1 fully saturated rings. The van der Waals surface area contributed by atoms with Gasteiger partial charge in [-0.05, 0) is 78.9 Å². The van der Waals surface area contributed by atoms with Gasteiger partial charge in [0.1, 0.15) is 5.82 Å². The summed E-state index contributed by atoms with van der Waals surface area (Å²) in [7, 11) is 0. The number of hydrogen-bond donors (Lipinski definition) is 1. The number of para-hydroxylation sites is 1. The van der Waals surface area contributed by atoms with Crippen molar-refractivity contribution in [2.24, 2.45) is 0 Å². The number of halogens is 2. The maximum absolute atomic E-state index is 13.0. The van der Waals surface area contributed by atoms with Crippen LogP contribution in [0.2, 0.25) is 0 Å². The van der Waals surface area contributed by atoms with Crippen molar-refractivity contribution in [2.45, 2.75) is 6.92 Å². The second-order valence-corrected chi connectivity index (χ2v) is 9.30. The largest absolute Gasteiger partial charge is 0.490 e. The summed E-state index contributed by atoms with van der Waals surface area (Å²) in [5.74, 6) is -0.575. The standard InChI is InChI=1S/C26H20BrFN2O5S/c1-2-34-21-12-16(13-23-25(32)30(26(33)36-23)19-6-4-3-5-7-19)20(27)14-22(21)35-15-24(31)29-18-10-8-17(28)9-11-18/h3-14H,2,15H2,1H3,(H,29,31)/b23-13+. The van der Waals surface area contributed by atoms with Crippen LogP contribution >= 0.6 is 27.7 Å². The molecule has 0 saturated carbocycles. The van der Waals surface area contributed by atoms with E-state index in [2.05, 4.69) is 21.2 Å². The summed E-state index contributed by atoms with van der Waals surface area (Å²) in [4.78, 5) is 39.1. The molecule has 0 bridgehead atoms. The summed E-state index contributed by atoms with van der Waals surface area (Å²) in [5.41, 5.74) is 1.54. The SMILES string of the molecule is CCOc1cc(/C=C2/SC(=O)N(c3ccccc3)C2=O)c(Br)cc1OCC(=O)Nc1ccc(F)cc1. The van der Waals surface area contributed by atoms with Gasteiger partial charge in [-0.15, -0.1) is 0 Å². The van der Waals surface area contributed by atoms with Gasteiger partial charge in [0.15, 0.2) is 18.1 Å². The van der Waals surface area contributed by atoms with Crippen LogP contribution in [0, 0.1) is 5.82 Å². The average molecular weight is 571 g/mol. The lowest BCUT2D eigenvalue weighted by atomic mass is 10.1. The molecule has 0 spiro atoms. The molecule has 184 valence electrons. The Morgan fingerprint density at radius 2 is 1.75 bits per heavy atom. The first kappa shape index (κ1) is 25.5. The van der Waals surface area contributed by atoms with E-state index in [1.54, 1.807) is 55.5 Å².